The summed E-state index contributed by atoms with van der Waals surface area (Å²) in [5, 5.41) is 13.7. The molecule has 8 nitrogen and oxygen atoms in total. The van der Waals surface area contributed by atoms with Crippen molar-refractivity contribution in [1.82, 2.24) is 4.90 Å². The molecule has 11 heteroatoms. The number of nitro groups is 1. The van der Waals surface area contributed by atoms with Crippen LogP contribution >= 0.6 is 0 Å². The lowest BCUT2D eigenvalue weighted by molar-refractivity contribution is -0.386. The fourth-order valence-corrected chi connectivity index (χ4v) is 3.14. The fraction of sp³-hybridized carbons (Fsp3) is 0.316. The van der Waals surface area contributed by atoms with Crippen LogP contribution in [0.1, 0.15) is 0 Å². The molecule has 30 heavy (non-hydrogen) atoms. The highest BCUT2D eigenvalue weighted by atomic mass is 19.3. The van der Waals surface area contributed by atoms with E-state index < -0.39 is 28.8 Å². The van der Waals surface area contributed by atoms with Gasteiger partial charge < -0.3 is 15.0 Å². The second kappa shape index (κ2) is 9.44. The van der Waals surface area contributed by atoms with Crippen LogP contribution in [0.15, 0.2) is 42.5 Å². The minimum atomic E-state index is -3.17. The number of nitrogens with one attached hydrogen (secondary N) is 1. The topological polar surface area (TPSA) is 88.0 Å². The Labute approximate surface area is 170 Å². The van der Waals surface area contributed by atoms with Crippen molar-refractivity contribution in [2.45, 2.75) is 6.61 Å². The number of piperazine rings is 1. The molecular weight excluding hydrogens is 405 g/mol. The van der Waals surface area contributed by atoms with Crippen LogP contribution in [0.4, 0.5) is 30.2 Å². The summed E-state index contributed by atoms with van der Waals surface area (Å²) in [6, 6.07) is 9.29. The van der Waals surface area contributed by atoms with Gasteiger partial charge in [0.2, 0.25) is 11.7 Å². The molecule has 1 aliphatic rings. The van der Waals surface area contributed by atoms with Crippen molar-refractivity contribution in [2.24, 2.45) is 0 Å². The molecule has 1 aliphatic heterocycles. The quantitative estimate of drug-likeness (QED) is 0.543. The molecule has 0 atom stereocenters. The summed E-state index contributed by atoms with van der Waals surface area (Å²) in [7, 11) is 0. The second-order valence-electron chi connectivity index (χ2n) is 6.61. The van der Waals surface area contributed by atoms with E-state index in [0.717, 1.165) is 6.07 Å². The molecule has 2 aromatic carbocycles. The fourth-order valence-electron chi connectivity index (χ4n) is 3.14. The van der Waals surface area contributed by atoms with Crippen LogP contribution in [0.2, 0.25) is 0 Å². The van der Waals surface area contributed by atoms with Gasteiger partial charge >= 0.3 is 12.3 Å². The number of ether oxygens (including phenoxy) is 1. The van der Waals surface area contributed by atoms with E-state index in [2.05, 4.69) is 10.1 Å². The molecule has 0 radical (unpaired) electrons. The van der Waals surface area contributed by atoms with Gasteiger partial charge in [0.05, 0.1) is 11.5 Å². The Kier molecular flexibility index (Phi) is 6.72. The Morgan fingerprint density at radius 2 is 1.80 bits per heavy atom. The Hall–Kier alpha value is -3.34. The zero-order chi connectivity index (χ0) is 21.7. The number of hydrogen-bond donors (Lipinski definition) is 1. The lowest BCUT2D eigenvalue weighted by Gasteiger charge is -2.35. The number of nitro benzene ring substituents is 1. The maximum absolute atomic E-state index is 12.9. The van der Waals surface area contributed by atoms with E-state index in [4.69, 9.17) is 0 Å². The van der Waals surface area contributed by atoms with Crippen molar-refractivity contribution < 1.29 is 27.6 Å². The van der Waals surface area contributed by atoms with Gasteiger partial charge in [0.15, 0.2) is 0 Å². The molecule has 1 amide bonds. The highest BCUT2D eigenvalue weighted by molar-refractivity contribution is 5.92. The Morgan fingerprint density at radius 3 is 2.40 bits per heavy atom. The summed E-state index contributed by atoms with van der Waals surface area (Å²) in [6.45, 7) is -0.982. The van der Waals surface area contributed by atoms with Crippen LogP contribution in [0.5, 0.6) is 5.75 Å². The molecule has 1 heterocycles. The van der Waals surface area contributed by atoms with Gasteiger partial charge in [-0.05, 0) is 30.3 Å². The number of nitrogens with zero attached hydrogens (tertiary/aromatic N) is 3. The lowest BCUT2D eigenvalue weighted by Crippen LogP contribution is -2.48. The normalized spacial score (nSPS) is 14.6. The number of carbonyl (C=O) groups is 1. The maximum atomic E-state index is 12.9. The van der Waals surface area contributed by atoms with Gasteiger partial charge in [0.1, 0.15) is 5.82 Å². The summed E-state index contributed by atoms with van der Waals surface area (Å²) in [5.41, 5.74) is 0.485. The average molecular weight is 424 g/mol. The summed E-state index contributed by atoms with van der Waals surface area (Å²) in [6.07, 6.45) is 0. The third-order valence-electron chi connectivity index (χ3n) is 4.59. The summed E-state index contributed by atoms with van der Waals surface area (Å²) in [5.74, 6) is -1.12. The van der Waals surface area contributed by atoms with Crippen molar-refractivity contribution in [3.63, 3.8) is 0 Å². The molecule has 0 bridgehead atoms. The van der Waals surface area contributed by atoms with Crippen molar-refractivity contribution in [3.8, 4) is 5.75 Å². The number of rotatable bonds is 7. The van der Waals surface area contributed by atoms with Crippen LogP contribution < -0.4 is 15.0 Å². The predicted molar refractivity (Wildman–Crippen MR) is 103 cm³/mol. The Balaban J connectivity index is 1.56. The molecule has 2 aromatic rings. The molecule has 160 valence electrons. The SMILES string of the molecule is O=C(CN1CCN(c2ccc([N+](=O)[O-])c(OC(F)F)c2)CC1)Nc1ccc(F)cc1. The van der Waals surface area contributed by atoms with Crippen LogP contribution in [0, 0.1) is 15.9 Å². The molecule has 0 spiro atoms. The summed E-state index contributed by atoms with van der Waals surface area (Å²) >= 11 is 0. The van der Waals surface area contributed by atoms with E-state index in [1.54, 1.807) is 0 Å². The zero-order valence-corrected chi connectivity index (χ0v) is 15.8. The Bertz CT molecular complexity index is 903. The molecule has 3 rings (SSSR count). The molecule has 0 unspecified atom stereocenters. The monoisotopic (exact) mass is 424 g/mol. The number of halogens is 3. The average Bonchev–Trinajstić information content (AvgIpc) is 2.69. The van der Waals surface area contributed by atoms with Crippen LogP contribution in [-0.2, 0) is 4.79 Å². The van der Waals surface area contributed by atoms with Gasteiger partial charge in [0.25, 0.3) is 0 Å². The molecule has 0 aromatic heterocycles. The minimum absolute atomic E-state index is 0.144. The van der Waals surface area contributed by atoms with Gasteiger partial charge in [-0.25, -0.2) is 4.39 Å². The van der Waals surface area contributed by atoms with Crippen LogP contribution in [-0.4, -0.2) is 55.1 Å². The molecule has 0 saturated carbocycles. The third kappa shape index (κ3) is 5.60. The summed E-state index contributed by atoms with van der Waals surface area (Å²) < 4.78 is 42.3. The largest absolute Gasteiger partial charge is 0.427 e. The first kappa shape index (κ1) is 21.4. The van der Waals surface area contributed by atoms with Gasteiger partial charge in [0, 0.05) is 49.7 Å². The molecular formula is C19H19F3N4O4. The number of benzene rings is 2. The zero-order valence-electron chi connectivity index (χ0n) is 15.8. The first-order valence-electron chi connectivity index (χ1n) is 9.08. The van der Waals surface area contributed by atoms with E-state index in [-0.39, 0.29) is 12.5 Å². The third-order valence-corrected chi connectivity index (χ3v) is 4.59. The number of amides is 1. The summed E-state index contributed by atoms with van der Waals surface area (Å²) in [4.78, 5) is 26.1. The van der Waals surface area contributed by atoms with E-state index in [9.17, 15) is 28.1 Å². The van der Waals surface area contributed by atoms with E-state index in [1.807, 2.05) is 9.80 Å². The molecule has 1 saturated heterocycles. The maximum Gasteiger partial charge on any atom is 0.387 e. The minimum Gasteiger partial charge on any atom is -0.427 e. The van der Waals surface area contributed by atoms with Gasteiger partial charge in [-0.3, -0.25) is 19.8 Å². The van der Waals surface area contributed by atoms with Crippen LogP contribution in [0.25, 0.3) is 0 Å². The van der Waals surface area contributed by atoms with Crippen molar-refractivity contribution >= 4 is 23.0 Å². The second-order valence-corrected chi connectivity index (χ2v) is 6.61. The molecule has 0 aliphatic carbocycles. The number of alkyl halides is 2. The van der Waals surface area contributed by atoms with E-state index in [0.29, 0.717) is 37.6 Å². The smallest absolute Gasteiger partial charge is 0.387 e. The van der Waals surface area contributed by atoms with Crippen molar-refractivity contribution in [2.75, 3.05) is 42.9 Å². The van der Waals surface area contributed by atoms with Crippen molar-refractivity contribution in [1.29, 1.82) is 0 Å². The van der Waals surface area contributed by atoms with Gasteiger partial charge in [-0.2, -0.15) is 8.78 Å². The first-order chi connectivity index (χ1) is 14.3. The van der Waals surface area contributed by atoms with Gasteiger partial charge in [-0.1, -0.05) is 0 Å². The number of anilines is 2. The number of carbonyl (C=O) groups excluding carboxylic acids is 1. The molecule has 1 fully saturated rings. The van der Waals surface area contributed by atoms with Crippen LogP contribution in [0.3, 0.4) is 0 Å². The first-order valence-corrected chi connectivity index (χ1v) is 9.08. The highest BCUT2D eigenvalue weighted by Gasteiger charge is 2.23. The number of hydrogen-bond acceptors (Lipinski definition) is 6. The highest BCUT2D eigenvalue weighted by Crippen LogP contribution is 2.33. The lowest BCUT2D eigenvalue weighted by atomic mass is 10.2. The standard InChI is InChI=1S/C19H19F3N4O4/c20-13-1-3-14(4-2-13)23-18(27)12-24-7-9-25(10-8-24)15-5-6-16(26(28)29)17(11-15)30-19(21)22/h1-6,11,19H,7-10,12H2,(H,23,27). The van der Waals surface area contributed by atoms with E-state index >= 15 is 0 Å². The Morgan fingerprint density at radius 1 is 1.13 bits per heavy atom. The van der Waals surface area contributed by atoms with E-state index in [1.165, 1.54) is 36.4 Å². The molecule has 1 N–H and O–H groups in total. The van der Waals surface area contributed by atoms with Gasteiger partial charge in [-0.15, -0.1) is 0 Å². The predicted octanol–water partition coefficient (Wildman–Crippen LogP) is 3.10. The van der Waals surface area contributed by atoms with Crippen molar-refractivity contribution in [3.05, 3.63) is 58.4 Å².